The molecule has 14 nitrogen and oxygen atoms in total. The fraction of sp³-hybridized carbons (Fsp3) is 0.333. The highest BCUT2D eigenvalue weighted by Gasteiger charge is 2.34. The predicted molar refractivity (Wildman–Crippen MR) is 318 cm³/mol. The molecule has 2 amide bonds. The first-order valence-corrected chi connectivity index (χ1v) is 28.5. The van der Waals surface area contributed by atoms with Crippen LogP contribution in [0.15, 0.2) is 192 Å². The van der Waals surface area contributed by atoms with Crippen LogP contribution in [0.5, 0.6) is 0 Å². The van der Waals surface area contributed by atoms with Crippen LogP contribution in [0.3, 0.4) is 0 Å². The molecule has 9 aromatic rings. The first-order valence-electron chi connectivity index (χ1n) is 28.5. The number of imidazole rings is 2. The van der Waals surface area contributed by atoms with Gasteiger partial charge in [-0.1, -0.05) is 158 Å². The number of carbonyl (C=O) groups is 2. The molecule has 0 saturated carbocycles. The quantitative estimate of drug-likeness (QED) is 0.0586. The molecule has 2 unspecified atom stereocenters. The maximum atomic E-state index is 13.2. The topological polar surface area (TPSA) is 163 Å². The zero-order valence-electron chi connectivity index (χ0n) is 45.6. The van der Waals surface area contributed by atoms with Gasteiger partial charge in [-0.15, -0.1) is 0 Å². The number of nitrogens with one attached hydrogen (secondary N) is 2. The molecule has 0 radical (unpaired) electrons. The van der Waals surface area contributed by atoms with Crippen LogP contribution in [0, 0.1) is 5.92 Å². The monoisotopic (exact) mass is 1070 g/mol. The summed E-state index contributed by atoms with van der Waals surface area (Å²) in [5.41, 5.74) is 8.39. The second-order valence-corrected chi connectivity index (χ2v) is 21.9. The second-order valence-electron chi connectivity index (χ2n) is 21.9. The van der Waals surface area contributed by atoms with Crippen molar-refractivity contribution in [1.82, 2.24) is 38.7 Å². The first-order chi connectivity index (χ1) is 39.1. The number of hydrogen-bond donors (Lipinski definition) is 4. The second kappa shape index (κ2) is 26.6. The molecule has 2 aromatic heterocycles. The number of aromatic nitrogens is 4. The third-order valence-electron chi connectivity index (χ3n) is 16.4. The number of aromatic amines is 2. The zero-order chi connectivity index (χ0) is 55.2. The maximum Gasteiger partial charge on any atom is 0.407 e. The Hall–Kier alpha value is -8.20. The largest absolute Gasteiger partial charge is 0.465 e. The van der Waals surface area contributed by atoms with E-state index in [0.29, 0.717) is 38.4 Å². The highest BCUT2D eigenvalue weighted by molar-refractivity contribution is 5.95. The normalized spacial score (nSPS) is 17.5. The molecule has 4 atom stereocenters. The molecular formula is C66H74N8O6. The summed E-state index contributed by atoms with van der Waals surface area (Å²) >= 11 is 0. The molecule has 0 bridgehead atoms. The van der Waals surface area contributed by atoms with Gasteiger partial charge in [0.15, 0.2) is 0 Å². The van der Waals surface area contributed by atoms with Crippen LogP contribution in [0.25, 0.3) is 32.8 Å². The van der Waals surface area contributed by atoms with Gasteiger partial charge in [0, 0.05) is 63.9 Å². The molecule has 2 fully saturated rings. The minimum atomic E-state index is -0.879. The van der Waals surface area contributed by atoms with E-state index in [4.69, 9.17) is 0 Å². The number of fused-ring (bicyclic) bond motifs is 3. The Morgan fingerprint density at radius 1 is 0.487 bits per heavy atom. The van der Waals surface area contributed by atoms with Gasteiger partial charge in [-0.2, -0.15) is 0 Å². The average Bonchev–Trinajstić information content (AvgIpc) is 4.22. The van der Waals surface area contributed by atoms with Crippen molar-refractivity contribution in [2.75, 3.05) is 26.2 Å². The number of amides is 2. The van der Waals surface area contributed by atoms with Gasteiger partial charge in [0.05, 0.1) is 22.1 Å². The smallest absolute Gasteiger partial charge is 0.407 e. The number of aryl methyl sites for hydroxylation is 1. The molecule has 14 heteroatoms. The van der Waals surface area contributed by atoms with E-state index in [9.17, 15) is 29.4 Å². The van der Waals surface area contributed by atoms with Crippen molar-refractivity contribution < 1.29 is 19.8 Å². The number of rotatable bonds is 20. The molecule has 2 aliphatic rings. The van der Waals surface area contributed by atoms with Crippen LogP contribution in [0.2, 0.25) is 0 Å². The van der Waals surface area contributed by atoms with Crippen LogP contribution in [-0.4, -0.2) is 99.4 Å². The lowest BCUT2D eigenvalue weighted by Crippen LogP contribution is -2.47. The molecule has 7 aromatic carbocycles. The number of benzene rings is 7. The maximum absolute atomic E-state index is 13.2. The van der Waals surface area contributed by atoms with Crippen molar-refractivity contribution in [2.24, 2.45) is 5.92 Å². The predicted octanol–water partition coefficient (Wildman–Crippen LogP) is 12.6. The Balaban J connectivity index is 0.000000180. The molecule has 0 spiro atoms. The van der Waals surface area contributed by atoms with Gasteiger partial charge in [0.1, 0.15) is 0 Å². The van der Waals surface area contributed by atoms with Crippen LogP contribution >= 0.6 is 0 Å². The molecule has 414 valence electrons. The van der Waals surface area contributed by atoms with E-state index < -0.39 is 12.2 Å². The van der Waals surface area contributed by atoms with Crippen molar-refractivity contribution in [1.29, 1.82) is 0 Å². The van der Waals surface area contributed by atoms with Crippen molar-refractivity contribution >= 4 is 45.0 Å². The molecule has 4 heterocycles. The van der Waals surface area contributed by atoms with E-state index in [2.05, 4.69) is 129 Å². The van der Waals surface area contributed by atoms with Gasteiger partial charge in [0.2, 0.25) is 0 Å². The van der Waals surface area contributed by atoms with Crippen LogP contribution in [0.4, 0.5) is 9.59 Å². The van der Waals surface area contributed by atoms with Gasteiger partial charge in [-0.05, 0) is 134 Å². The van der Waals surface area contributed by atoms with Crippen molar-refractivity contribution in [3.8, 4) is 0 Å². The summed E-state index contributed by atoms with van der Waals surface area (Å²) in [4.78, 5) is 64.0. The Morgan fingerprint density at radius 2 is 0.938 bits per heavy atom. The number of carboxylic acid groups (broad SMARTS) is 2. The third-order valence-corrected chi connectivity index (χ3v) is 16.4. The fourth-order valence-corrected chi connectivity index (χ4v) is 12.4. The van der Waals surface area contributed by atoms with Gasteiger partial charge >= 0.3 is 23.6 Å². The summed E-state index contributed by atoms with van der Waals surface area (Å²) in [6.07, 6.45) is 5.51. The molecule has 2 aliphatic heterocycles. The van der Waals surface area contributed by atoms with E-state index in [1.165, 1.54) is 22.3 Å². The van der Waals surface area contributed by atoms with E-state index in [1.807, 2.05) is 81.9 Å². The van der Waals surface area contributed by atoms with E-state index in [-0.39, 0.29) is 29.5 Å². The summed E-state index contributed by atoms with van der Waals surface area (Å²) < 4.78 is 3.68. The SMILES string of the molecule is O=C(O)N1CCC(CCn2c(=O)[nH]c3ccccc32)C[C@@H]1CCCN(Cc1ccccc1)Cc1ccccc1.O=C(O)N1CCC(n2c(=O)[nH]c3cc4ccccc4cc32)C[C@@H]1CCCN(Cc1ccccc1)Cc1ccccc1. The van der Waals surface area contributed by atoms with Crippen LogP contribution in [0.1, 0.15) is 86.1 Å². The van der Waals surface area contributed by atoms with Crippen molar-refractivity contribution in [2.45, 2.75) is 109 Å². The summed E-state index contributed by atoms with van der Waals surface area (Å²) in [6, 6.07) is 61.8. The Kier molecular flexibility index (Phi) is 18.4. The van der Waals surface area contributed by atoms with Crippen molar-refractivity contribution in [3.05, 3.63) is 225 Å². The summed E-state index contributed by atoms with van der Waals surface area (Å²) in [7, 11) is 0. The lowest BCUT2D eigenvalue weighted by molar-refractivity contribution is 0.0805. The van der Waals surface area contributed by atoms with Gasteiger partial charge < -0.3 is 30.0 Å². The van der Waals surface area contributed by atoms with Crippen LogP contribution < -0.4 is 11.4 Å². The Labute approximate surface area is 467 Å². The number of H-pyrrole nitrogens is 2. The average molecular weight is 1080 g/mol. The third kappa shape index (κ3) is 14.2. The number of para-hydroxylation sites is 2. The number of nitrogens with zero attached hydrogens (tertiary/aromatic N) is 6. The summed E-state index contributed by atoms with van der Waals surface area (Å²) in [5, 5.41) is 22.1. The fourth-order valence-electron chi connectivity index (χ4n) is 12.4. The Morgan fingerprint density at radius 3 is 1.46 bits per heavy atom. The number of likely N-dealkylation sites (tertiary alicyclic amines) is 2. The highest BCUT2D eigenvalue weighted by Crippen LogP contribution is 2.33. The number of hydrogen-bond acceptors (Lipinski definition) is 6. The van der Waals surface area contributed by atoms with E-state index >= 15 is 0 Å². The van der Waals surface area contributed by atoms with E-state index in [0.717, 1.165) is 117 Å². The first kappa shape index (κ1) is 55.1. The number of piperidine rings is 2. The molecule has 11 rings (SSSR count). The molecule has 0 aliphatic carbocycles. The van der Waals surface area contributed by atoms with Gasteiger partial charge in [-0.3, -0.25) is 18.9 Å². The lowest BCUT2D eigenvalue weighted by Gasteiger charge is -2.38. The summed E-state index contributed by atoms with van der Waals surface area (Å²) in [6.45, 7) is 6.81. The molecule has 2 saturated heterocycles. The highest BCUT2D eigenvalue weighted by atomic mass is 16.4. The molecule has 4 N–H and O–H groups in total. The van der Waals surface area contributed by atoms with E-state index in [1.54, 1.807) is 9.80 Å². The molecular weight excluding hydrogens is 1000 g/mol. The summed E-state index contributed by atoms with van der Waals surface area (Å²) in [5.74, 6) is 0.399. The Bertz CT molecular complexity index is 3460. The van der Waals surface area contributed by atoms with Crippen molar-refractivity contribution in [3.63, 3.8) is 0 Å². The van der Waals surface area contributed by atoms with Gasteiger partial charge in [-0.25, -0.2) is 19.2 Å². The standard InChI is InChI=1S/C34H36N4O3.C32H38N4O3/c39-33-35-31-20-27-14-7-8-15-28(27)21-32(31)38(33)30-17-19-37(34(40)41)29(22-30)16-9-18-36(23-25-10-3-1-4-11-25)24-26-12-5-2-6-13-26;37-31-33-29-15-7-8-16-30(29)36(31)21-18-25-17-20-35(32(38)39)28(22-25)14-9-19-34(23-26-10-3-1-4-11-26)24-27-12-5-2-6-13-27/h1-8,10-15,20-21,29-30H,9,16-19,22-24H2,(H,35,39)(H,40,41);1-8,10-13,15-16,25,28H,9,14,17-24H2,(H,33,37)(H,38,39)/t29-,30?;25?,28-/m00/s1. The lowest BCUT2D eigenvalue weighted by atomic mass is 9.86. The molecule has 80 heavy (non-hydrogen) atoms. The van der Waals surface area contributed by atoms with Gasteiger partial charge in [0.25, 0.3) is 0 Å². The zero-order valence-corrected chi connectivity index (χ0v) is 45.6. The minimum Gasteiger partial charge on any atom is -0.465 e. The minimum absolute atomic E-state index is 0.0104. The van der Waals surface area contributed by atoms with Crippen LogP contribution in [-0.2, 0) is 32.7 Å².